The SMILES string of the molecule is COc1cc(OC)c(C(=O)C(C)(C)C#N)c(OC)c1. The fourth-order valence-electron chi connectivity index (χ4n) is 1.59. The predicted molar refractivity (Wildman–Crippen MR) is 69.8 cm³/mol. The predicted octanol–water partition coefficient (Wildman–Crippen LogP) is 2.44. The summed E-state index contributed by atoms with van der Waals surface area (Å²) in [7, 11) is 4.41. The van der Waals surface area contributed by atoms with E-state index in [0.717, 1.165) is 0 Å². The number of carbonyl (C=O) groups excluding carboxylic acids is 1. The summed E-state index contributed by atoms with van der Waals surface area (Å²) >= 11 is 0. The number of carbonyl (C=O) groups is 1. The molecule has 0 bridgehead atoms. The molecule has 1 aromatic rings. The maximum Gasteiger partial charge on any atom is 0.189 e. The second kappa shape index (κ2) is 5.61. The van der Waals surface area contributed by atoms with Gasteiger partial charge in [0, 0.05) is 12.1 Å². The van der Waals surface area contributed by atoms with E-state index >= 15 is 0 Å². The van der Waals surface area contributed by atoms with E-state index in [2.05, 4.69) is 0 Å². The molecule has 0 atom stereocenters. The summed E-state index contributed by atoms with van der Waals surface area (Å²) in [6, 6.07) is 5.15. The lowest BCUT2D eigenvalue weighted by Gasteiger charge is -2.19. The number of nitriles is 1. The molecule has 0 aromatic heterocycles. The van der Waals surface area contributed by atoms with Crippen LogP contribution in [0.4, 0.5) is 0 Å². The molecule has 5 heteroatoms. The number of benzene rings is 1. The Labute approximate surface area is 112 Å². The lowest BCUT2D eigenvalue weighted by atomic mass is 9.85. The second-order valence-electron chi connectivity index (χ2n) is 4.47. The van der Waals surface area contributed by atoms with Crippen LogP contribution < -0.4 is 14.2 Å². The van der Waals surface area contributed by atoms with Gasteiger partial charge < -0.3 is 14.2 Å². The highest BCUT2D eigenvalue weighted by molar-refractivity contribution is 6.06. The van der Waals surface area contributed by atoms with Crippen LogP contribution in [0.25, 0.3) is 0 Å². The van der Waals surface area contributed by atoms with Gasteiger partial charge in [0.25, 0.3) is 0 Å². The Morgan fingerprint density at radius 2 is 1.58 bits per heavy atom. The summed E-state index contributed by atoms with van der Waals surface area (Å²) < 4.78 is 15.5. The van der Waals surface area contributed by atoms with Gasteiger partial charge in [-0.1, -0.05) is 0 Å². The topological polar surface area (TPSA) is 68.5 Å². The zero-order valence-corrected chi connectivity index (χ0v) is 11.7. The summed E-state index contributed by atoms with van der Waals surface area (Å²) in [6.45, 7) is 3.11. The molecule has 0 amide bonds. The smallest absolute Gasteiger partial charge is 0.189 e. The van der Waals surface area contributed by atoms with Crippen molar-refractivity contribution in [2.24, 2.45) is 5.41 Å². The first kappa shape index (κ1) is 14.8. The zero-order valence-electron chi connectivity index (χ0n) is 11.7. The number of methoxy groups -OCH3 is 3. The fraction of sp³-hybridized carbons (Fsp3) is 0.429. The van der Waals surface area contributed by atoms with Gasteiger partial charge in [0.05, 0.1) is 27.4 Å². The lowest BCUT2D eigenvalue weighted by Crippen LogP contribution is -2.23. The van der Waals surface area contributed by atoms with Crippen molar-refractivity contribution < 1.29 is 19.0 Å². The van der Waals surface area contributed by atoms with Gasteiger partial charge in [-0.3, -0.25) is 4.79 Å². The third kappa shape index (κ3) is 2.79. The van der Waals surface area contributed by atoms with E-state index in [9.17, 15) is 4.79 Å². The molecule has 1 rings (SSSR count). The Hall–Kier alpha value is -2.22. The van der Waals surface area contributed by atoms with Crippen LogP contribution in [-0.2, 0) is 0 Å². The minimum Gasteiger partial charge on any atom is -0.496 e. The molecule has 19 heavy (non-hydrogen) atoms. The Kier molecular flexibility index (Phi) is 4.38. The highest BCUT2D eigenvalue weighted by atomic mass is 16.5. The first-order valence-corrected chi connectivity index (χ1v) is 5.67. The number of ketones is 1. The first-order valence-electron chi connectivity index (χ1n) is 5.67. The van der Waals surface area contributed by atoms with Gasteiger partial charge in [0.2, 0.25) is 0 Å². The van der Waals surface area contributed by atoms with Crippen molar-refractivity contribution in [2.75, 3.05) is 21.3 Å². The van der Waals surface area contributed by atoms with Crippen molar-refractivity contribution >= 4 is 5.78 Å². The van der Waals surface area contributed by atoms with Gasteiger partial charge >= 0.3 is 0 Å². The Morgan fingerprint density at radius 3 is 1.89 bits per heavy atom. The quantitative estimate of drug-likeness (QED) is 0.763. The molecular weight excluding hydrogens is 246 g/mol. The van der Waals surface area contributed by atoms with E-state index in [4.69, 9.17) is 19.5 Å². The van der Waals surface area contributed by atoms with Crippen LogP contribution in [0.5, 0.6) is 17.2 Å². The van der Waals surface area contributed by atoms with Gasteiger partial charge in [0.1, 0.15) is 28.2 Å². The van der Waals surface area contributed by atoms with Gasteiger partial charge in [0.15, 0.2) is 5.78 Å². The third-order valence-corrected chi connectivity index (χ3v) is 2.79. The minimum atomic E-state index is -1.16. The number of ether oxygens (including phenoxy) is 3. The van der Waals surface area contributed by atoms with E-state index in [-0.39, 0.29) is 11.3 Å². The number of Topliss-reactive ketones (excluding diaryl/α,β-unsaturated/α-hetero) is 1. The summed E-state index contributed by atoms with van der Waals surface area (Å²) in [5.74, 6) is 0.806. The number of rotatable bonds is 5. The monoisotopic (exact) mass is 263 g/mol. The van der Waals surface area contributed by atoms with Crippen LogP contribution in [0.2, 0.25) is 0 Å². The fourth-order valence-corrected chi connectivity index (χ4v) is 1.59. The van der Waals surface area contributed by atoms with Crippen LogP contribution in [0, 0.1) is 16.7 Å². The van der Waals surface area contributed by atoms with E-state index < -0.39 is 5.41 Å². The highest BCUT2D eigenvalue weighted by Gasteiger charge is 2.33. The lowest BCUT2D eigenvalue weighted by molar-refractivity contribution is 0.0885. The number of hydrogen-bond acceptors (Lipinski definition) is 5. The molecule has 0 aliphatic carbocycles. The van der Waals surface area contributed by atoms with Gasteiger partial charge in [-0.15, -0.1) is 0 Å². The molecule has 0 radical (unpaired) electrons. The molecule has 0 aliphatic rings. The molecule has 5 nitrogen and oxygen atoms in total. The van der Waals surface area contributed by atoms with Crippen LogP contribution in [-0.4, -0.2) is 27.1 Å². The molecule has 0 aliphatic heterocycles. The summed E-state index contributed by atoms with van der Waals surface area (Å²) in [5, 5.41) is 9.08. The van der Waals surface area contributed by atoms with E-state index in [1.165, 1.54) is 21.3 Å². The van der Waals surface area contributed by atoms with Gasteiger partial charge in [-0.2, -0.15) is 5.26 Å². The van der Waals surface area contributed by atoms with Gasteiger partial charge in [-0.25, -0.2) is 0 Å². The maximum atomic E-state index is 12.4. The van der Waals surface area contributed by atoms with E-state index in [0.29, 0.717) is 17.2 Å². The molecule has 1 aromatic carbocycles. The Bertz CT molecular complexity index is 504. The molecule has 0 unspecified atom stereocenters. The number of hydrogen-bond donors (Lipinski definition) is 0. The molecule has 0 N–H and O–H groups in total. The third-order valence-electron chi connectivity index (χ3n) is 2.79. The average Bonchev–Trinajstić information content (AvgIpc) is 2.44. The van der Waals surface area contributed by atoms with Crippen molar-refractivity contribution in [3.63, 3.8) is 0 Å². The van der Waals surface area contributed by atoms with E-state index in [1.54, 1.807) is 26.0 Å². The molecule has 102 valence electrons. The largest absolute Gasteiger partial charge is 0.496 e. The standard InChI is InChI=1S/C14H17NO4/c1-14(2,8-15)13(16)12-10(18-4)6-9(17-3)7-11(12)19-5/h6-7H,1-5H3. The van der Waals surface area contributed by atoms with Gasteiger partial charge in [-0.05, 0) is 13.8 Å². The highest BCUT2D eigenvalue weighted by Crippen LogP contribution is 2.37. The van der Waals surface area contributed by atoms with Crippen LogP contribution in [0.3, 0.4) is 0 Å². The second-order valence-corrected chi connectivity index (χ2v) is 4.47. The molecule has 0 heterocycles. The maximum absolute atomic E-state index is 12.4. The van der Waals surface area contributed by atoms with Crippen molar-refractivity contribution in [1.82, 2.24) is 0 Å². The van der Waals surface area contributed by atoms with Crippen molar-refractivity contribution in [3.05, 3.63) is 17.7 Å². The molecule has 0 spiro atoms. The van der Waals surface area contributed by atoms with Crippen molar-refractivity contribution in [2.45, 2.75) is 13.8 Å². The zero-order chi connectivity index (χ0) is 14.6. The molecule has 0 saturated carbocycles. The van der Waals surface area contributed by atoms with Crippen molar-refractivity contribution in [3.8, 4) is 23.3 Å². The van der Waals surface area contributed by atoms with Crippen LogP contribution in [0.1, 0.15) is 24.2 Å². The van der Waals surface area contributed by atoms with E-state index in [1.807, 2.05) is 6.07 Å². The molecular formula is C14H17NO4. The Morgan fingerprint density at radius 1 is 1.11 bits per heavy atom. The Balaban J connectivity index is 3.50. The van der Waals surface area contributed by atoms with Crippen LogP contribution >= 0.6 is 0 Å². The summed E-state index contributed by atoms with van der Waals surface area (Å²) in [4.78, 5) is 12.4. The molecule has 0 fully saturated rings. The first-order chi connectivity index (χ1) is 8.91. The summed E-state index contributed by atoms with van der Waals surface area (Å²) in [6.07, 6.45) is 0. The minimum absolute atomic E-state index is 0.248. The summed E-state index contributed by atoms with van der Waals surface area (Å²) in [5.41, 5.74) is -0.910. The van der Waals surface area contributed by atoms with Crippen LogP contribution in [0.15, 0.2) is 12.1 Å². The average molecular weight is 263 g/mol. The normalized spacial score (nSPS) is 10.5. The van der Waals surface area contributed by atoms with Crippen molar-refractivity contribution in [1.29, 1.82) is 5.26 Å². The number of nitrogens with zero attached hydrogens (tertiary/aromatic N) is 1. The molecule has 0 saturated heterocycles.